The number of benzene rings is 1. The normalized spacial score (nSPS) is 17.7. The van der Waals surface area contributed by atoms with Crippen molar-refractivity contribution in [3.63, 3.8) is 0 Å². The van der Waals surface area contributed by atoms with Crippen LogP contribution in [-0.4, -0.2) is 31.6 Å². The molecule has 0 radical (unpaired) electrons. The predicted octanol–water partition coefficient (Wildman–Crippen LogP) is 3.19. The van der Waals surface area contributed by atoms with Crippen LogP contribution in [0.2, 0.25) is 0 Å². The Balaban J connectivity index is 1.39. The van der Waals surface area contributed by atoms with E-state index in [1.54, 1.807) is 6.20 Å². The Morgan fingerprint density at radius 3 is 3.07 bits per heavy atom. The Kier molecular flexibility index (Phi) is 3.83. The number of nitrogens with zero attached hydrogens (tertiary/aromatic N) is 5. The number of hydrogen-bond acceptors (Lipinski definition) is 8. The van der Waals surface area contributed by atoms with Gasteiger partial charge in [-0.05, 0) is 31.5 Å². The third kappa shape index (κ3) is 2.93. The molecule has 27 heavy (non-hydrogen) atoms. The Morgan fingerprint density at radius 1 is 1.26 bits per heavy atom. The van der Waals surface area contributed by atoms with Crippen LogP contribution in [0.3, 0.4) is 0 Å². The number of anilines is 1. The van der Waals surface area contributed by atoms with Gasteiger partial charge in [-0.3, -0.25) is 4.90 Å². The first kappa shape index (κ1) is 16.0. The lowest BCUT2D eigenvalue weighted by Crippen LogP contribution is -2.22. The molecule has 136 valence electrons. The summed E-state index contributed by atoms with van der Waals surface area (Å²) in [6, 6.07) is 10.2. The first-order valence-corrected chi connectivity index (χ1v) is 8.89. The molecule has 0 bridgehead atoms. The highest BCUT2D eigenvalue weighted by atomic mass is 16.5. The van der Waals surface area contributed by atoms with Gasteiger partial charge in [-0.2, -0.15) is 4.98 Å². The number of para-hydroxylation sites is 1. The maximum absolute atomic E-state index is 5.96. The van der Waals surface area contributed by atoms with Crippen LogP contribution >= 0.6 is 0 Å². The monoisotopic (exact) mass is 362 g/mol. The minimum absolute atomic E-state index is 0.0605. The molecule has 8 heteroatoms. The molecule has 0 amide bonds. The third-order valence-corrected chi connectivity index (χ3v) is 4.91. The molecule has 0 spiro atoms. The molecule has 0 aliphatic carbocycles. The van der Waals surface area contributed by atoms with Gasteiger partial charge in [0.2, 0.25) is 11.7 Å². The highest BCUT2D eigenvalue weighted by molar-refractivity contribution is 5.77. The van der Waals surface area contributed by atoms with Crippen molar-refractivity contribution in [2.45, 2.75) is 25.4 Å². The summed E-state index contributed by atoms with van der Waals surface area (Å²) < 4.78 is 11.5. The quantitative estimate of drug-likeness (QED) is 0.590. The van der Waals surface area contributed by atoms with Crippen LogP contribution in [0.25, 0.3) is 22.4 Å². The number of likely N-dealkylation sites (tertiary alicyclic amines) is 1. The van der Waals surface area contributed by atoms with Gasteiger partial charge in [0.05, 0.1) is 18.2 Å². The molecule has 1 saturated heterocycles. The maximum Gasteiger partial charge on any atom is 0.244 e. The number of nitrogens with two attached hydrogens (primary N) is 1. The van der Waals surface area contributed by atoms with Gasteiger partial charge in [0.15, 0.2) is 0 Å². The van der Waals surface area contributed by atoms with Crippen LogP contribution < -0.4 is 5.73 Å². The molecule has 4 aromatic rings. The molecule has 8 nitrogen and oxygen atoms in total. The van der Waals surface area contributed by atoms with Crippen LogP contribution in [0.15, 0.2) is 51.8 Å². The van der Waals surface area contributed by atoms with Crippen molar-refractivity contribution in [1.82, 2.24) is 25.0 Å². The lowest BCUT2D eigenvalue weighted by molar-refractivity contribution is 0.190. The van der Waals surface area contributed by atoms with Crippen molar-refractivity contribution in [1.29, 1.82) is 0 Å². The molecule has 0 unspecified atom stereocenters. The summed E-state index contributed by atoms with van der Waals surface area (Å²) in [7, 11) is 0. The molecule has 1 aliphatic rings. The summed E-state index contributed by atoms with van der Waals surface area (Å²) in [6.45, 7) is 1.66. The number of nitrogen functional groups attached to an aromatic ring is 1. The van der Waals surface area contributed by atoms with Gasteiger partial charge in [0, 0.05) is 11.6 Å². The summed E-state index contributed by atoms with van der Waals surface area (Å²) in [5.41, 5.74) is 7.37. The first-order valence-electron chi connectivity index (χ1n) is 8.89. The van der Waals surface area contributed by atoms with Crippen LogP contribution in [0.5, 0.6) is 0 Å². The minimum Gasteiger partial charge on any atom is -0.460 e. The largest absolute Gasteiger partial charge is 0.460 e. The van der Waals surface area contributed by atoms with Crippen LogP contribution in [0.1, 0.15) is 30.5 Å². The SMILES string of the molecule is Nc1ncncc1-c1noc([C@@H]2CCCN2Cc2cc3ccccc3o2)n1. The number of hydrogen-bond donors (Lipinski definition) is 1. The average molecular weight is 362 g/mol. The zero-order chi connectivity index (χ0) is 18.2. The third-order valence-electron chi connectivity index (χ3n) is 4.91. The number of furan rings is 1. The van der Waals surface area contributed by atoms with Crippen molar-refractivity contribution < 1.29 is 8.94 Å². The van der Waals surface area contributed by atoms with Gasteiger partial charge >= 0.3 is 0 Å². The Bertz CT molecular complexity index is 1060. The summed E-state index contributed by atoms with van der Waals surface area (Å²) >= 11 is 0. The van der Waals surface area contributed by atoms with E-state index in [0.29, 0.717) is 29.6 Å². The second kappa shape index (κ2) is 6.48. The Morgan fingerprint density at radius 2 is 2.19 bits per heavy atom. The fraction of sp³-hybridized carbons (Fsp3) is 0.263. The van der Waals surface area contributed by atoms with E-state index in [-0.39, 0.29) is 6.04 Å². The molecule has 1 atom stereocenters. The van der Waals surface area contributed by atoms with E-state index < -0.39 is 0 Å². The van der Waals surface area contributed by atoms with Gasteiger partial charge in [-0.25, -0.2) is 9.97 Å². The van der Waals surface area contributed by atoms with Gasteiger partial charge in [0.1, 0.15) is 23.5 Å². The Labute approximate surface area is 155 Å². The molecule has 1 aromatic carbocycles. The fourth-order valence-electron chi connectivity index (χ4n) is 3.60. The summed E-state index contributed by atoms with van der Waals surface area (Å²) in [5.74, 6) is 2.27. The fourth-order valence-corrected chi connectivity index (χ4v) is 3.60. The molecule has 1 aliphatic heterocycles. The second-order valence-corrected chi connectivity index (χ2v) is 6.66. The van der Waals surface area contributed by atoms with Gasteiger partial charge in [0.25, 0.3) is 0 Å². The molecular weight excluding hydrogens is 344 g/mol. The van der Waals surface area contributed by atoms with E-state index in [1.165, 1.54) is 6.33 Å². The highest BCUT2D eigenvalue weighted by Gasteiger charge is 2.31. The smallest absolute Gasteiger partial charge is 0.244 e. The minimum atomic E-state index is 0.0605. The van der Waals surface area contributed by atoms with Gasteiger partial charge in [-0.1, -0.05) is 23.4 Å². The number of aromatic nitrogens is 4. The van der Waals surface area contributed by atoms with E-state index in [1.807, 2.05) is 18.2 Å². The van der Waals surface area contributed by atoms with Crippen LogP contribution in [-0.2, 0) is 6.54 Å². The zero-order valence-electron chi connectivity index (χ0n) is 14.6. The predicted molar refractivity (Wildman–Crippen MR) is 98.3 cm³/mol. The van der Waals surface area contributed by atoms with Crippen molar-refractivity contribution >= 4 is 16.8 Å². The zero-order valence-corrected chi connectivity index (χ0v) is 14.6. The molecule has 0 saturated carbocycles. The van der Waals surface area contributed by atoms with E-state index in [9.17, 15) is 0 Å². The standard InChI is InChI=1S/C19H18N6O2/c20-17-14(9-21-11-22-17)18-23-19(27-24-18)15-5-3-7-25(15)10-13-8-12-4-1-2-6-16(12)26-13/h1-2,4,6,8-9,11,15H,3,5,7,10H2,(H2,20,21,22)/t15-/m0/s1. The van der Waals surface area contributed by atoms with Gasteiger partial charge < -0.3 is 14.7 Å². The van der Waals surface area contributed by atoms with Crippen molar-refractivity contribution in [2.24, 2.45) is 0 Å². The van der Waals surface area contributed by atoms with Crippen molar-refractivity contribution in [3.8, 4) is 11.4 Å². The summed E-state index contributed by atoms with van der Waals surface area (Å²) in [4.78, 5) is 14.8. The lowest BCUT2D eigenvalue weighted by Gasteiger charge is -2.19. The van der Waals surface area contributed by atoms with Gasteiger partial charge in [-0.15, -0.1) is 0 Å². The first-order chi connectivity index (χ1) is 13.3. The van der Waals surface area contributed by atoms with E-state index in [2.05, 4.69) is 37.1 Å². The summed E-state index contributed by atoms with van der Waals surface area (Å²) in [5, 5.41) is 5.19. The second-order valence-electron chi connectivity index (χ2n) is 6.66. The number of fused-ring (bicyclic) bond motifs is 1. The molecule has 1 fully saturated rings. The maximum atomic E-state index is 5.96. The molecule has 3 aromatic heterocycles. The van der Waals surface area contributed by atoms with Crippen LogP contribution in [0, 0.1) is 0 Å². The molecule has 4 heterocycles. The van der Waals surface area contributed by atoms with Crippen molar-refractivity contribution in [2.75, 3.05) is 12.3 Å². The van der Waals surface area contributed by atoms with E-state index >= 15 is 0 Å². The molecule has 2 N–H and O–H groups in total. The highest BCUT2D eigenvalue weighted by Crippen LogP contribution is 2.34. The summed E-state index contributed by atoms with van der Waals surface area (Å²) in [6.07, 6.45) is 5.02. The molecule has 5 rings (SSSR count). The van der Waals surface area contributed by atoms with E-state index in [4.69, 9.17) is 14.7 Å². The van der Waals surface area contributed by atoms with Crippen molar-refractivity contribution in [3.05, 3.63) is 54.5 Å². The number of rotatable bonds is 4. The van der Waals surface area contributed by atoms with E-state index in [0.717, 1.165) is 36.1 Å². The Hall–Kier alpha value is -3.26. The average Bonchev–Trinajstić information content (AvgIpc) is 3.41. The van der Waals surface area contributed by atoms with Crippen LogP contribution in [0.4, 0.5) is 5.82 Å². The molecular formula is C19H18N6O2. The topological polar surface area (TPSA) is 107 Å². The lowest BCUT2D eigenvalue weighted by atomic mass is 10.2.